The summed E-state index contributed by atoms with van der Waals surface area (Å²) >= 11 is 0. The smallest absolute Gasteiger partial charge is 0.413 e. The molecule has 2 aromatic heterocycles. The van der Waals surface area contributed by atoms with Gasteiger partial charge in [-0.3, -0.25) is 10.1 Å². The number of nitrogens with zero attached hydrogens (tertiary/aromatic N) is 3. The maximum atomic E-state index is 12.8. The SMILES string of the molecule is CC1(CNC(=O)c2c(NC(=O)OC(C)(C)C)nn3cccnc23)CCC1. The van der Waals surface area contributed by atoms with Crippen LogP contribution in [-0.4, -0.2) is 38.7 Å². The number of carbonyl (C=O) groups excluding carboxylic acids is 2. The average Bonchev–Trinajstić information content (AvgIpc) is 2.86. The van der Waals surface area contributed by atoms with E-state index in [9.17, 15) is 9.59 Å². The molecular formula is C18H25N5O3. The zero-order chi connectivity index (χ0) is 18.9. The molecule has 0 unspecified atom stereocenters. The van der Waals surface area contributed by atoms with Crippen molar-refractivity contribution in [2.45, 2.75) is 52.6 Å². The van der Waals surface area contributed by atoms with Gasteiger partial charge < -0.3 is 10.1 Å². The largest absolute Gasteiger partial charge is 0.444 e. The van der Waals surface area contributed by atoms with Crippen molar-refractivity contribution in [2.24, 2.45) is 5.41 Å². The Balaban J connectivity index is 1.84. The Morgan fingerprint density at radius 2 is 2.08 bits per heavy atom. The van der Waals surface area contributed by atoms with Crippen molar-refractivity contribution < 1.29 is 14.3 Å². The van der Waals surface area contributed by atoms with Crippen LogP contribution in [0, 0.1) is 5.41 Å². The maximum absolute atomic E-state index is 12.8. The highest BCUT2D eigenvalue weighted by molar-refractivity contribution is 6.06. The van der Waals surface area contributed by atoms with Gasteiger partial charge in [0, 0.05) is 18.9 Å². The van der Waals surface area contributed by atoms with Gasteiger partial charge in [0.05, 0.1) is 0 Å². The molecule has 3 rings (SSSR count). The van der Waals surface area contributed by atoms with E-state index in [1.165, 1.54) is 10.9 Å². The van der Waals surface area contributed by atoms with Crippen LogP contribution >= 0.6 is 0 Å². The highest BCUT2D eigenvalue weighted by Gasteiger charge is 2.33. The number of aromatic nitrogens is 3. The molecule has 0 aliphatic heterocycles. The third-order valence-corrected chi connectivity index (χ3v) is 4.48. The molecule has 0 atom stereocenters. The summed E-state index contributed by atoms with van der Waals surface area (Å²) in [5.74, 6) is -0.174. The van der Waals surface area contributed by atoms with E-state index in [-0.39, 0.29) is 22.7 Å². The summed E-state index contributed by atoms with van der Waals surface area (Å²) in [4.78, 5) is 29.1. The number of amides is 2. The molecule has 26 heavy (non-hydrogen) atoms. The molecular weight excluding hydrogens is 334 g/mol. The van der Waals surface area contributed by atoms with Crippen LogP contribution < -0.4 is 10.6 Å². The van der Waals surface area contributed by atoms with Gasteiger partial charge in [0.15, 0.2) is 11.5 Å². The molecule has 0 radical (unpaired) electrons. The first-order chi connectivity index (χ1) is 12.2. The third kappa shape index (κ3) is 3.95. The van der Waals surface area contributed by atoms with Crippen molar-refractivity contribution in [3.63, 3.8) is 0 Å². The normalized spacial score (nSPS) is 16.0. The van der Waals surface area contributed by atoms with E-state index in [0.717, 1.165) is 12.8 Å². The highest BCUT2D eigenvalue weighted by Crippen LogP contribution is 2.39. The van der Waals surface area contributed by atoms with Crippen molar-refractivity contribution in [3.05, 3.63) is 24.0 Å². The standard InChI is InChI=1S/C18H25N5O3/c1-17(2,3)26-16(25)21-13-12(14-19-9-6-10-23(14)22-13)15(24)20-11-18(4)7-5-8-18/h6,9-10H,5,7-8,11H2,1-4H3,(H,20,24)(H,21,22,25). The minimum Gasteiger partial charge on any atom is -0.444 e. The van der Waals surface area contributed by atoms with Crippen LogP contribution in [0.4, 0.5) is 10.6 Å². The molecule has 2 heterocycles. The number of hydrogen-bond acceptors (Lipinski definition) is 5. The highest BCUT2D eigenvalue weighted by atomic mass is 16.6. The van der Waals surface area contributed by atoms with E-state index in [2.05, 4.69) is 27.6 Å². The van der Waals surface area contributed by atoms with Gasteiger partial charge in [0.25, 0.3) is 5.91 Å². The Morgan fingerprint density at radius 1 is 1.35 bits per heavy atom. The second kappa shape index (κ2) is 6.59. The van der Waals surface area contributed by atoms with Gasteiger partial charge >= 0.3 is 6.09 Å². The molecule has 140 valence electrons. The van der Waals surface area contributed by atoms with Gasteiger partial charge in [0.1, 0.15) is 11.2 Å². The lowest BCUT2D eigenvalue weighted by atomic mass is 9.70. The fraction of sp³-hybridized carbons (Fsp3) is 0.556. The molecule has 1 aliphatic rings. The minimum atomic E-state index is -0.666. The van der Waals surface area contributed by atoms with Crippen LogP contribution in [0.1, 0.15) is 57.3 Å². The number of ether oxygens (including phenoxy) is 1. The molecule has 2 amide bonds. The Morgan fingerprint density at radius 3 is 2.69 bits per heavy atom. The summed E-state index contributed by atoms with van der Waals surface area (Å²) < 4.78 is 6.73. The van der Waals surface area contributed by atoms with Gasteiger partial charge in [-0.15, -0.1) is 5.10 Å². The van der Waals surface area contributed by atoms with E-state index in [0.29, 0.717) is 12.2 Å². The monoisotopic (exact) mass is 359 g/mol. The number of anilines is 1. The Kier molecular flexibility index (Phi) is 4.60. The van der Waals surface area contributed by atoms with Gasteiger partial charge in [-0.05, 0) is 45.1 Å². The zero-order valence-electron chi connectivity index (χ0n) is 15.6. The van der Waals surface area contributed by atoms with E-state index in [4.69, 9.17) is 4.74 Å². The molecule has 8 nitrogen and oxygen atoms in total. The Bertz CT molecular complexity index is 833. The molecule has 0 aromatic carbocycles. The van der Waals surface area contributed by atoms with Crippen molar-refractivity contribution in [1.82, 2.24) is 19.9 Å². The minimum absolute atomic E-state index is 0.134. The summed E-state index contributed by atoms with van der Waals surface area (Å²) in [6.45, 7) is 8.05. The lowest BCUT2D eigenvalue weighted by Crippen LogP contribution is -2.40. The van der Waals surface area contributed by atoms with Crippen molar-refractivity contribution in [3.8, 4) is 0 Å². The van der Waals surface area contributed by atoms with Gasteiger partial charge in [0.2, 0.25) is 0 Å². The average molecular weight is 359 g/mol. The Labute approximate surface area is 152 Å². The van der Waals surface area contributed by atoms with Crippen LogP contribution in [0.3, 0.4) is 0 Å². The first kappa shape index (κ1) is 18.2. The van der Waals surface area contributed by atoms with Crippen LogP contribution in [0.25, 0.3) is 5.65 Å². The lowest BCUT2D eigenvalue weighted by Gasteiger charge is -2.38. The molecule has 1 fully saturated rings. The lowest BCUT2D eigenvalue weighted by molar-refractivity contribution is 0.0635. The molecule has 0 spiro atoms. The van der Waals surface area contributed by atoms with E-state index >= 15 is 0 Å². The van der Waals surface area contributed by atoms with Crippen LogP contribution in [0.2, 0.25) is 0 Å². The van der Waals surface area contributed by atoms with Crippen molar-refractivity contribution in [2.75, 3.05) is 11.9 Å². The summed E-state index contributed by atoms with van der Waals surface area (Å²) in [5.41, 5.74) is 0.113. The number of carbonyl (C=O) groups is 2. The van der Waals surface area contributed by atoms with Gasteiger partial charge in [-0.2, -0.15) is 0 Å². The summed E-state index contributed by atoms with van der Waals surface area (Å²) in [6, 6.07) is 1.70. The topological polar surface area (TPSA) is 97.6 Å². The molecule has 1 aliphatic carbocycles. The van der Waals surface area contributed by atoms with Crippen LogP contribution in [0.5, 0.6) is 0 Å². The van der Waals surface area contributed by atoms with Crippen molar-refractivity contribution in [1.29, 1.82) is 0 Å². The second-order valence-electron chi connectivity index (χ2n) is 8.09. The summed E-state index contributed by atoms with van der Waals surface area (Å²) in [7, 11) is 0. The second-order valence-corrected chi connectivity index (χ2v) is 8.09. The maximum Gasteiger partial charge on any atom is 0.413 e. The summed E-state index contributed by atoms with van der Waals surface area (Å²) in [5, 5.41) is 9.79. The summed E-state index contributed by atoms with van der Waals surface area (Å²) in [6.07, 6.45) is 5.98. The first-order valence-corrected chi connectivity index (χ1v) is 8.78. The van der Waals surface area contributed by atoms with Gasteiger partial charge in [-0.1, -0.05) is 13.3 Å². The van der Waals surface area contributed by atoms with Crippen LogP contribution in [0.15, 0.2) is 18.5 Å². The Hall–Kier alpha value is -2.64. The van der Waals surface area contributed by atoms with Crippen molar-refractivity contribution >= 4 is 23.5 Å². The number of fused-ring (bicyclic) bond motifs is 1. The molecule has 2 N–H and O–H groups in total. The predicted octanol–water partition coefficient (Wildman–Crippen LogP) is 3.00. The third-order valence-electron chi connectivity index (χ3n) is 4.48. The van der Waals surface area contributed by atoms with Crippen LogP contribution in [-0.2, 0) is 4.74 Å². The fourth-order valence-corrected chi connectivity index (χ4v) is 2.92. The van der Waals surface area contributed by atoms with E-state index < -0.39 is 11.7 Å². The molecule has 0 bridgehead atoms. The van der Waals surface area contributed by atoms with E-state index in [1.807, 2.05) is 0 Å². The quantitative estimate of drug-likeness (QED) is 0.874. The molecule has 2 aromatic rings. The number of hydrogen-bond donors (Lipinski definition) is 2. The van der Waals surface area contributed by atoms with Gasteiger partial charge in [-0.25, -0.2) is 14.3 Å². The molecule has 1 saturated carbocycles. The zero-order valence-corrected chi connectivity index (χ0v) is 15.6. The first-order valence-electron chi connectivity index (χ1n) is 8.78. The predicted molar refractivity (Wildman–Crippen MR) is 97.1 cm³/mol. The molecule has 8 heteroatoms. The fourth-order valence-electron chi connectivity index (χ4n) is 2.92. The molecule has 0 saturated heterocycles. The number of nitrogens with one attached hydrogen (secondary N) is 2. The van der Waals surface area contributed by atoms with E-state index in [1.54, 1.807) is 39.2 Å². The number of rotatable bonds is 4.